The number of hydrogen-bond donors (Lipinski definition) is 2. The number of fused-ring (bicyclic) bond motifs is 2. The first-order valence-corrected chi connectivity index (χ1v) is 8.46. The molecule has 2 aromatic carbocycles. The maximum Gasteiger partial charge on any atom is 0.341 e. The van der Waals surface area contributed by atoms with Crippen molar-refractivity contribution in [3.8, 4) is 0 Å². The summed E-state index contributed by atoms with van der Waals surface area (Å²) in [5.74, 6) is -2.04. The number of ketones is 2. The lowest BCUT2D eigenvalue weighted by molar-refractivity contribution is -0.128. The number of anilines is 1. The molecule has 7 heteroatoms. The molecule has 0 saturated heterocycles. The van der Waals surface area contributed by atoms with Crippen molar-refractivity contribution in [1.29, 1.82) is 0 Å². The van der Waals surface area contributed by atoms with E-state index in [1.807, 2.05) is 0 Å². The van der Waals surface area contributed by atoms with Gasteiger partial charge in [0.25, 0.3) is 5.91 Å². The summed E-state index contributed by atoms with van der Waals surface area (Å²) in [5, 5.41) is 2.54. The Balaban J connectivity index is 1.98. The van der Waals surface area contributed by atoms with E-state index in [0.29, 0.717) is 12.1 Å². The zero-order valence-electron chi connectivity index (χ0n) is 14.9. The maximum atomic E-state index is 12.8. The van der Waals surface area contributed by atoms with E-state index in [2.05, 4.69) is 5.32 Å². The second-order valence-corrected chi connectivity index (χ2v) is 6.10. The highest BCUT2D eigenvalue weighted by Crippen LogP contribution is 2.32. The zero-order chi connectivity index (χ0) is 19.7. The molecular weight excluding hydrogens is 348 g/mol. The summed E-state index contributed by atoms with van der Waals surface area (Å²) in [6, 6.07) is 9.16. The van der Waals surface area contributed by atoms with Gasteiger partial charge in [0.1, 0.15) is 0 Å². The van der Waals surface area contributed by atoms with Gasteiger partial charge in [0.2, 0.25) is 0 Å². The van der Waals surface area contributed by atoms with Gasteiger partial charge in [-0.1, -0.05) is 24.3 Å². The number of nitrogens with one attached hydrogen (secondary N) is 1. The number of likely N-dealkylation sites (N-methyl/N-ethyl adjacent to an activating group) is 1. The van der Waals surface area contributed by atoms with Crippen LogP contribution < -0.4 is 11.1 Å². The second-order valence-electron chi connectivity index (χ2n) is 6.10. The largest absolute Gasteiger partial charge is 0.449 e. The van der Waals surface area contributed by atoms with Gasteiger partial charge in [0.15, 0.2) is 17.7 Å². The molecule has 1 aliphatic rings. The van der Waals surface area contributed by atoms with Crippen LogP contribution in [-0.4, -0.2) is 36.1 Å². The van der Waals surface area contributed by atoms with Crippen molar-refractivity contribution in [2.75, 3.05) is 12.3 Å². The molecule has 0 saturated carbocycles. The van der Waals surface area contributed by atoms with Gasteiger partial charge in [-0.05, 0) is 26.0 Å². The Bertz CT molecular complexity index is 980. The molecule has 2 aromatic rings. The van der Waals surface area contributed by atoms with Crippen LogP contribution in [0.4, 0.5) is 5.69 Å². The Morgan fingerprint density at radius 1 is 1.04 bits per heavy atom. The zero-order valence-corrected chi connectivity index (χ0v) is 14.9. The van der Waals surface area contributed by atoms with E-state index in [9.17, 15) is 19.2 Å². The van der Waals surface area contributed by atoms with Gasteiger partial charge in [-0.25, -0.2) is 4.79 Å². The summed E-state index contributed by atoms with van der Waals surface area (Å²) in [6.07, 6.45) is -1.02. The fourth-order valence-corrected chi connectivity index (χ4v) is 2.99. The molecule has 27 heavy (non-hydrogen) atoms. The number of nitrogen functional groups attached to an aromatic ring is 1. The summed E-state index contributed by atoms with van der Waals surface area (Å²) in [4.78, 5) is 49.6. The Morgan fingerprint density at radius 2 is 1.67 bits per heavy atom. The number of ether oxygens (including phenoxy) is 1. The molecule has 1 amide bonds. The van der Waals surface area contributed by atoms with Crippen molar-refractivity contribution >= 4 is 29.1 Å². The van der Waals surface area contributed by atoms with Gasteiger partial charge in [-0.2, -0.15) is 0 Å². The quantitative estimate of drug-likeness (QED) is 0.537. The lowest BCUT2D eigenvalue weighted by Crippen LogP contribution is -2.35. The first-order valence-electron chi connectivity index (χ1n) is 8.46. The molecule has 3 N–H and O–H groups in total. The molecule has 1 aliphatic carbocycles. The number of carbonyl (C=O) groups excluding carboxylic acids is 4. The average Bonchev–Trinajstić information content (AvgIpc) is 2.65. The van der Waals surface area contributed by atoms with E-state index in [4.69, 9.17) is 10.5 Å². The third-order valence-electron chi connectivity index (χ3n) is 4.36. The Kier molecular flexibility index (Phi) is 4.77. The molecule has 7 nitrogen and oxygen atoms in total. The molecular formula is C20H18N2O5. The predicted octanol–water partition coefficient (Wildman–Crippen LogP) is 1.73. The number of carbonyl (C=O) groups is 4. The highest BCUT2D eigenvalue weighted by molar-refractivity contribution is 6.30. The van der Waals surface area contributed by atoms with Crippen LogP contribution in [0.25, 0.3) is 0 Å². The number of hydrogen-bond acceptors (Lipinski definition) is 6. The fourth-order valence-electron chi connectivity index (χ4n) is 2.99. The molecule has 3 rings (SSSR count). The number of rotatable bonds is 4. The van der Waals surface area contributed by atoms with E-state index in [0.717, 1.165) is 0 Å². The van der Waals surface area contributed by atoms with E-state index >= 15 is 0 Å². The van der Waals surface area contributed by atoms with Crippen molar-refractivity contribution < 1.29 is 23.9 Å². The maximum absolute atomic E-state index is 12.8. The normalized spacial score (nSPS) is 13.4. The first-order chi connectivity index (χ1) is 12.9. The Hall–Kier alpha value is -3.48. The molecule has 0 fully saturated rings. The molecule has 0 aliphatic heterocycles. The predicted molar refractivity (Wildman–Crippen MR) is 97.7 cm³/mol. The summed E-state index contributed by atoms with van der Waals surface area (Å²) >= 11 is 0. The van der Waals surface area contributed by atoms with Crippen LogP contribution in [0, 0.1) is 0 Å². The lowest BCUT2D eigenvalue weighted by atomic mass is 9.82. The van der Waals surface area contributed by atoms with Crippen molar-refractivity contribution in [2.45, 2.75) is 20.0 Å². The molecule has 0 radical (unpaired) electrons. The minimum absolute atomic E-state index is 0.0150. The molecule has 0 spiro atoms. The Morgan fingerprint density at radius 3 is 2.30 bits per heavy atom. The van der Waals surface area contributed by atoms with Crippen molar-refractivity contribution in [2.24, 2.45) is 0 Å². The van der Waals surface area contributed by atoms with E-state index in [1.165, 1.54) is 19.1 Å². The minimum atomic E-state index is -1.02. The monoisotopic (exact) mass is 366 g/mol. The topological polar surface area (TPSA) is 116 Å². The van der Waals surface area contributed by atoms with E-state index in [1.54, 1.807) is 31.2 Å². The number of nitrogens with two attached hydrogens (primary N) is 1. The number of benzene rings is 2. The smallest absolute Gasteiger partial charge is 0.341 e. The highest BCUT2D eigenvalue weighted by atomic mass is 16.5. The van der Waals surface area contributed by atoms with Gasteiger partial charge >= 0.3 is 5.97 Å². The standard InChI is InChI=1S/C20H18N2O5/c1-3-22-19(25)10(2)27-20(26)14-9-8-13-15(16(14)21)18(24)12-7-5-4-6-11(12)17(13)23/h4-10H,3,21H2,1-2H3,(H,22,25)/t10-/m0/s1. The molecule has 0 aromatic heterocycles. The number of esters is 1. The highest BCUT2D eigenvalue weighted by Gasteiger charge is 2.33. The summed E-state index contributed by atoms with van der Waals surface area (Å²) in [6.45, 7) is 3.58. The second kappa shape index (κ2) is 7.03. The molecule has 1 atom stereocenters. The van der Waals surface area contributed by atoms with Gasteiger partial charge in [-0.15, -0.1) is 0 Å². The third-order valence-corrected chi connectivity index (χ3v) is 4.36. The SMILES string of the molecule is CCNC(=O)[C@H](C)OC(=O)c1ccc2c(c1N)C(=O)c1ccccc1C2=O. The summed E-state index contributed by atoms with van der Waals surface area (Å²) in [7, 11) is 0. The van der Waals surface area contributed by atoms with Gasteiger partial charge in [0, 0.05) is 23.2 Å². The van der Waals surface area contributed by atoms with Crippen molar-refractivity contribution in [1.82, 2.24) is 5.32 Å². The van der Waals surface area contributed by atoms with Crippen LogP contribution in [0.5, 0.6) is 0 Å². The third kappa shape index (κ3) is 3.08. The molecule has 138 valence electrons. The summed E-state index contributed by atoms with van der Waals surface area (Å²) in [5.41, 5.74) is 6.52. The van der Waals surface area contributed by atoms with Gasteiger partial charge in [-0.3, -0.25) is 14.4 Å². The molecule has 0 heterocycles. The average molecular weight is 366 g/mol. The van der Waals surface area contributed by atoms with Crippen molar-refractivity contribution in [3.63, 3.8) is 0 Å². The lowest BCUT2D eigenvalue weighted by Gasteiger charge is -2.20. The van der Waals surface area contributed by atoms with Gasteiger partial charge < -0.3 is 15.8 Å². The van der Waals surface area contributed by atoms with Crippen LogP contribution in [-0.2, 0) is 9.53 Å². The van der Waals surface area contributed by atoms with Crippen LogP contribution in [0.2, 0.25) is 0 Å². The summed E-state index contributed by atoms with van der Waals surface area (Å²) < 4.78 is 5.13. The molecule has 0 unspecified atom stereocenters. The van der Waals surface area contributed by atoms with Crippen LogP contribution >= 0.6 is 0 Å². The minimum Gasteiger partial charge on any atom is -0.449 e. The van der Waals surface area contributed by atoms with Crippen molar-refractivity contribution in [3.05, 3.63) is 64.2 Å². The van der Waals surface area contributed by atoms with E-state index < -0.39 is 23.8 Å². The Labute approximate surface area is 155 Å². The fraction of sp³-hybridized carbons (Fsp3) is 0.200. The van der Waals surface area contributed by atoms with E-state index in [-0.39, 0.29) is 33.7 Å². The van der Waals surface area contributed by atoms with Crippen LogP contribution in [0.1, 0.15) is 56.0 Å². The number of amides is 1. The van der Waals surface area contributed by atoms with Crippen LogP contribution in [0.15, 0.2) is 36.4 Å². The van der Waals surface area contributed by atoms with Crippen LogP contribution in [0.3, 0.4) is 0 Å². The first kappa shape index (κ1) is 18.3. The van der Waals surface area contributed by atoms with Gasteiger partial charge in [0.05, 0.1) is 16.8 Å². The molecule has 0 bridgehead atoms.